The van der Waals surface area contributed by atoms with Gasteiger partial charge in [0.2, 0.25) is 0 Å². The zero-order valence-corrected chi connectivity index (χ0v) is 22.8. The normalized spacial score (nSPS) is 30.3. The molecule has 2 heterocycles. The molecular formula is C31H42N4O3. The van der Waals surface area contributed by atoms with E-state index in [0.717, 1.165) is 68.0 Å². The quantitative estimate of drug-likeness (QED) is 0.362. The summed E-state index contributed by atoms with van der Waals surface area (Å²) in [5.41, 5.74) is 2.48. The fraction of sp³-hybridized carbons (Fsp3) is 0.645. The standard InChI is InChI=1S/C31H42N4O3/c1-19(2)18-35-10-4-7-26(35)28-33-25(8-9-31-15-20-11-21(16-31)13-22(12-20)17-31)27(34-28)29(36)32-24-6-3-5-23(14-24)30(37)38/h3,5-6,14,19-22,26H,4,7-13,15-18H2,1-2H3,(H,32,36)(H,33,34)(H,37,38)/t20?,21?,22?,26-,31?/m1/s1. The molecule has 5 fully saturated rings. The molecule has 0 spiro atoms. The van der Waals surface area contributed by atoms with Gasteiger partial charge in [0, 0.05) is 17.9 Å². The Morgan fingerprint density at radius 3 is 2.53 bits per heavy atom. The third-order valence-corrected chi connectivity index (χ3v) is 9.73. The fourth-order valence-electron chi connectivity index (χ4n) is 8.69. The number of aromatic carboxylic acids is 1. The Hall–Kier alpha value is -2.67. The van der Waals surface area contributed by atoms with Crippen molar-refractivity contribution in [1.82, 2.24) is 14.9 Å². The van der Waals surface area contributed by atoms with Crippen LogP contribution in [0.2, 0.25) is 0 Å². The number of aryl methyl sites for hydroxylation is 1. The molecule has 4 bridgehead atoms. The van der Waals surface area contributed by atoms with E-state index in [1.807, 2.05) is 0 Å². The molecule has 4 aliphatic carbocycles. The Labute approximate surface area is 225 Å². The van der Waals surface area contributed by atoms with E-state index in [-0.39, 0.29) is 17.5 Å². The van der Waals surface area contributed by atoms with E-state index >= 15 is 0 Å². The molecule has 0 unspecified atom stereocenters. The minimum atomic E-state index is -1.01. The first-order valence-electron chi connectivity index (χ1n) is 14.7. The first-order valence-corrected chi connectivity index (χ1v) is 14.7. The second kappa shape index (κ2) is 10.1. The summed E-state index contributed by atoms with van der Waals surface area (Å²) in [6.07, 6.45) is 12.5. The number of nitrogens with zero attached hydrogens (tertiary/aromatic N) is 2. The van der Waals surface area contributed by atoms with Crippen molar-refractivity contribution >= 4 is 17.6 Å². The number of anilines is 1. The molecule has 1 aliphatic heterocycles. The lowest BCUT2D eigenvalue weighted by atomic mass is 9.48. The van der Waals surface area contributed by atoms with Gasteiger partial charge < -0.3 is 15.4 Å². The highest BCUT2D eigenvalue weighted by atomic mass is 16.4. The van der Waals surface area contributed by atoms with Gasteiger partial charge in [-0.15, -0.1) is 0 Å². The van der Waals surface area contributed by atoms with Gasteiger partial charge in [0.25, 0.3) is 5.91 Å². The van der Waals surface area contributed by atoms with Crippen LogP contribution < -0.4 is 5.32 Å². The van der Waals surface area contributed by atoms with Gasteiger partial charge in [-0.05, 0) is 118 Å². The maximum Gasteiger partial charge on any atom is 0.335 e. The number of likely N-dealkylation sites (tertiary alicyclic amines) is 1. The second-order valence-corrected chi connectivity index (χ2v) is 13.3. The summed E-state index contributed by atoms with van der Waals surface area (Å²) in [4.78, 5) is 36.1. The molecule has 1 aromatic carbocycles. The number of carbonyl (C=O) groups is 2. The number of benzene rings is 1. The fourth-order valence-corrected chi connectivity index (χ4v) is 8.69. The Kier molecular flexibility index (Phi) is 6.83. The molecule has 0 radical (unpaired) electrons. The van der Waals surface area contributed by atoms with Gasteiger partial charge in [0.15, 0.2) is 0 Å². The lowest BCUT2D eigenvalue weighted by Gasteiger charge is -2.57. The van der Waals surface area contributed by atoms with Crippen molar-refractivity contribution in [3.8, 4) is 0 Å². The van der Waals surface area contributed by atoms with Crippen LogP contribution in [-0.2, 0) is 6.42 Å². The zero-order valence-electron chi connectivity index (χ0n) is 22.8. The maximum atomic E-state index is 13.6. The number of H-pyrrole nitrogens is 1. The molecule has 204 valence electrons. The van der Waals surface area contributed by atoms with Crippen molar-refractivity contribution in [2.75, 3.05) is 18.4 Å². The number of imidazole rings is 1. The van der Waals surface area contributed by atoms with E-state index in [9.17, 15) is 14.7 Å². The van der Waals surface area contributed by atoms with Crippen LogP contribution in [-0.4, -0.2) is 44.9 Å². The van der Waals surface area contributed by atoms with Crippen LogP contribution in [0.4, 0.5) is 5.69 Å². The van der Waals surface area contributed by atoms with Crippen molar-refractivity contribution in [3.05, 3.63) is 47.0 Å². The number of carboxylic acid groups (broad SMARTS) is 1. The van der Waals surface area contributed by atoms with Gasteiger partial charge in [0.05, 0.1) is 11.6 Å². The van der Waals surface area contributed by atoms with Gasteiger partial charge >= 0.3 is 5.97 Å². The van der Waals surface area contributed by atoms with Gasteiger partial charge in [-0.1, -0.05) is 19.9 Å². The SMILES string of the molecule is CC(C)CN1CCC[C@@H]1c1nc(C(=O)Nc2cccc(C(=O)O)c2)c(CCC23CC4CC(CC(C4)C2)C3)[nH]1. The van der Waals surface area contributed by atoms with Gasteiger partial charge in [-0.3, -0.25) is 9.69 Å². The number of rotatable bonds is 9. The van der Waals surface area contributed by atoms with E-state index in [4.69, 9.17) is 4.98 Å². The third-order valence-electron chi connectivity index (χ3n) is 9.73. The Morgan fingerprint density at radius 2 is 1.87 bits per heavy atom. The monoisotopic (exact) mass is 518 g/mol. The minimum absolute atomic E-state index is 0.155. The van der Waals surface area contributed by atoms with Crippen LogP contribution in [0.1, 0.15) is 110 Å². The van der Waals surface area contributed by atoms with Crippen molar-refractivity contribution < 1.29 is 14.7 Å². The molecule has 7 nitrogen and oxygen atoms in total. The minimum Gasteiger partial charge on any atom is -0.478 e. The van der Waals surface area contributed by atoms with Crippen LogP contribution in [0, 0.1) is 29.1 Å². The molecular weight excluding hydrogens is 476 g/mol. The summed E-state index contributed by atoms with van der Waals surface area (Å²) in [7, 11) is 0. The molecule has 7 heteroatoms. The summed E-state index contributed by atoms with van der Waals surface area (Å²) in [5, 5.41) is 12.3. The number of aromatic amines is 1. The first kappa shape index (κ1) is 25.6. The van der Waals surface area contributed by atoms with E-state index in [2.05, 4.69) is 29.0 Å². The van der Waals surface area contributed by atoms with Crippen molar-refractivity contribution in [2.45, 2.75) is 84.1 Å². The van der Waals surface area contributed by atoms with E-state index in [1.165, 1.54) is 50.7 Å². The lowest BCUT2D eigenvalue weighted by molar-refractivity contribution is -0.0570. The van der Waals surface area contributed by atoms with Crippen LogP contribution in [0.5, 0.6) is 0 Å². The van der Waals surface area contributed by atoms with Crippen molar-refractivity contribution in [3.63, 3.8) is 0 Å². The maximum absolute atomic E-state index is 13.6. The van der Waals surface area contributed by atoms with Crippen LogP contribution >= 0.6 is 0 Å². The topological polar surface area (TPSA) is 98.3 Å². The number of carboxylic acids is 1. The second-order valence-electron chi connectivity index (χ2n) is 13.3. The number of amides is 1. The summed E-state index contributed by atoms with van der Waals surface area (Å²) in [6, 6.07) is 6.64. The molecule has 2 aromatic rings. The molecule has 5 aliphatic rings. The molecule has 4 saturated carbocycles. The van der Waals surface area contributed by atoms with Gasteiger partial charge in [-0.25, -0.2) is 9.78 Å². The Bertz CT molecular complexity index is 1170. The van der Waals surface area contributed by atoms with E-state index in [0.29, 0.717) is 22.7 Å². The molecule has 38 heavy (non-hydrogen) atoms. The van der Waals surface area contributed by atoms with Crippen LogP contribution in [0.3, 0.4) is 0 Å². The van der Waals surface area contributed by atoms with E-state index in [1.54, 1.807) is 12.1 Å². The largest absolute Gasteiger partial charge is 0.478 e. The highest BCUT2D eigenvalue weighted by Crippen LogP contribution is 2.61. The summed E-state index contributed by atoms with van der Waals surface area (Å²) < 4.78 is 0. The summed E-state index contributed by atoms with van der Waals surface area (Å²) in [5.74, 6) is 2.94. The number of nitrogens with one attached hydrogen (secondary N) is 2. The zero-order chi connectivity index (χ0) is 26.4. The predicted molar refractivity (Wildman–Crippen MR) is 147 cm³/mol. The van der Waals surface area contributed by atoms with Gasteiger partial charge in [-0.2, -0.15) is 0 Å². The molecule has 3 N–H and O–H groups in total. The van der Waals surface area contributed by atoms with E-state index < -0.39 is 5.97 Å². The first-order chi connectivity index (χ1) is 18.3. The number of hydrogen-bond acceptors (Lipinski definition) is 4. The van der Waals surface area contributed by atoms with Crippen LogP contribution in [0.25, 0.3) is 0 Å². The number of carbonyl (C=O) groups excluding carboxylic acids is 1. The molecule has 7 rings (SSSR count). The summed E-state index contributed by atoms with van der Waals surface area (Å²) in [6.45, 7) is 6.59. The Balaban J connectivity index is 1.26. The third kappa shape index (κ3) is 5.14. The van der Waals surface area contributed by atoms with Crippen LogP contribution in [0.15, 0.2) is 24.3 Å². The highest BCUT2D eigenvalue weighted by molar-refractivity contribution is 6.04. The lowest BCUT2D eigenvalue weighted by Crippen LogP contribution is -2.46. The predicted octanol–water partition coefficient (Wildman–Crippen LogP) is 6.30. The summed E-state index contributed by atoms with van der Waals surface area (Å²) >= 11 is 0. The molecule has 1 aromatic heterocycles. The van der Waals surface area contributed by atoms with Gasteiger partial charge in [0.1, 0.15) is 11.5 Å². The highest BCUT2D eigenvalue weighted by Gasteiger charge is 2.50. The van der Waals surface area contributed by atoms with Crippen molar-refractivity contribution in [2.24, 2.45) is 29.1 Å². The smallest absolute Gasteiger partial charge is 0.335 e. The molecule has 1 saturated heterocycles. The number of hydrogen-bond donors (Lipinski definition) is 3. The Morgan fingerprint density at radius 1 is 1.16 bits per heavy atom. The average molecular weight is 519 g/mol. The van der Waals surface area contributed by atoms with Crippen molar-refractivity contribution in [1.29, 1.82) is 0 Å². The molecule has 1 amide bonds. The average Bonchev–Trinajstić information content (AvgIpc) is 3.48. The molecule has 1 atom stereocenters. The number of aromatic nitrogens is 2.